The highest BCUT2D eigenvalue weighted by atomic mass is 35.5. The second-order valence-corrected chi connectivity index (χ2v) is 4.73. The van der Waals surface area contributed by atoms with Gasteiger partial charge in [-0.25, -0.2) is 14.6 Å². The van der Waals surface area contributed by atoms with Gasteiger partial charge in [-0.3, -0.25) is 0 Å². The number of rotatable bonds is 5. The van der Waals surface area contributed by atoms with E-state index >= 15 is 0 Å². The molecule has 0 unspecified atom stereocenters. The van der Waals surface area contributed by atoms with E-state index in [1.165, 1.54) is 19.2 Å². The first-order valence-electron chi connectivity index (χ1n) is 6.20. The van der Waals surface area contributed by atoms with Crippen molar-refractivity contribution in [1.29, 1.82) is 0 Å². The maximum absolute atomic E-state index is 11.5. The first-order valence-corrected chi connectivity index (χ1v) is 6.58. The molecule has 1 N–H and O–H groups in total. The predicted octanol–water partition coefficient (Wildman–Crippen LogP) is 2.80. The summed E-state index contributed by atoms with van der Waals surface area (Å²) in [5.74, 6) is -1.80. The summed E-state index contributed by atoms with van der Waals surface area (Å²) in [4.78, 5) is 26.3. The highest BCUT2D eigenvalue weighted by Gasteiger charge is 2.15. The van der Waals surface area contributed by atoms with Gasteiger partial charge in [-0.15, -0.1) is 0 Å². The van der Waals surface area contributed by atoms with Crippen LogP contribution in [0.5, 0.6) is 5.75 Å². The average Bonchev–Trinajstić information content (AvgIpc) is 2.52. The van der Waals surface area contributed by atoms with Gasteiger partial charge in [0.2, 0.25) is 0 Å². The Bertz CT molecular complexity index is 717. The van der Waals surface area contributed by atoms with Crippen LogP contribution in [0, 0.1) is 0 Å². The second kappa shape index (κ2) is 6.91. The van der Waals surface area contributed by atoms with E-state index in [4.69, 9.17) is 21.4 Å². The zero-order valence-corrected chi connectivity index (χ0v) is 12.3. The standard InChI is InChI=1S/C15H12ClNO5/c1-21-15(20)13-7-11(6-12(17-13)14(18)19)22-8-9-3-2-4-10(16)5-9/h2-7H,8H2,1H3,(H,18,19). The van der Waals surface area contributed by atoms with Gasteiger partial charge >= 0.3 is 11.9 Å². The quantitative estimate of drug-likeness (QED) is 0.852. The number of nitrogens with zero attached hydrogens (tertiary/aromatic N) is 1. The van der Waals surface area contributed by atoms with Gasteiger partial charge in [-0.1, -0.05) is 23.7 Å². The number of hydrogen-bond donors (Lipinski definition) is 1. The van der Waals surface area contributed by atoms with Crippen LogP contribution in [-0.4, -0.2) is 29.1 Å². The lowest BCUT2D eigenvalue weighted by molar-refractivity contribution is 0.0593. The van der Waals surface area contributed by atoms with Crippen LogP contribution in [0.1, 0.15) is 26.5 Å². The van der Waals surface area contributed by atoms with Crippen molar-refractivity contribution >= 4 is 23.5 Å². The molecule has 2 rings (SSSR count). The molecule has 0 saturated carbocycles. The predicted molar refractivity (Wildman–Crippen MR) is 78.3 cm³/mol. The summed E-state index contributed by atoms with van der Waals surface area (Å²) in [5.41, 5.74) is 0.369. The van der Waals surface area contributed by atoms with Gasteiger partial charge in [-0.05, 0) is 17.7 Å². The third kappa shape index (κ3) is 3.95. The molecule has 0 aliphatic rings. The van der Waals surface area contributed by atoms with Gasteiger partial charge in [0.1, 0.15) is 12.4 Å². The molecular weight excluding hydrogens is 310 g/mol. The molecule has 0 saturated heterocycles. The van der Waals surface area contributed by atoms with Crippen LogP contribution in [0.3, 0.4) is 0 Å². The number of carbonyl (C=O) groups is 2. The number of benzene rings is 1. The smallest absolute Gasteiger partial charge is 0.356 e. The number of carboxylic acids is 1. The summed E-state index contributed by atoms with van der Waals surface area (Å²) in [6.45, 7) is 0.171. The molecule has 7 heteroatoms. The molecule has 6 nitrogen and oxygen atoms in total. The topological polar surface area (TPSA) is 85.7 Å². The van der Waals surface area contributed by atoms with Crippen molar-refractivity contribution in [3.05, 3.63) is 58.4 Å². The molecule has 0 spiro atoms. The number of aromatic carboxylic acids is 1. The Kier molecular flexibility index (Phi) is 4.95. The first kappa shape index (κ1) is 15.8. The van der Waals surface area contributed by atoms with E-state index < -0.39 is 11.9 Å². The van der Waals surface area contributed by atoms with Crippen LogP contribution >= 0.6 is 11.6 Å². The molecule has 1 aromatic carbocycles. The average molecular weight is 322 g/mol. The SMILES string of the molecule is COC(=O)c1cc(OCc2cccc(Cl)c2)cc(C(=O)O)n1. The van der Waals surface area contributed by atoms with E-state index in [1.807, 2.05) is 6.07 Å². The molecule has 2 aromatic rings. The third-order valence-corrected chi connectivity index (χ3v) is 2.94. The number of carbonyl (C=O) groups excluding carboxylic acids is 1. The van der Waals surface area contributed by atoms with Crippen molar-refractivity contribution in [2.45, 2.75) is 6.61 Å². The van der Waals surface area contributed by atoms with Gasteiger partial charge < -0.3 is 14.6 Å². The highest BCUT2D eigenvalue weighted by molar-refractivity contribution is 6.30. The molecule has 0 amide bonds. The number of hydrogen-bond acceptors (Lipinski definition) is 5. The largest absolute Gasteiger partial charge is 0.489 e. The zero-order valence-electron chi connectivity index (χ0n) is 11.6. The van der Waals surface area contributed by atoms with Gasteiger partial charge in [0, 0.05) is 17.2 Å². The fourth-order valence-corrected chi connectivity index (χ4v) is 1.91. The number of ether oxygens (including phenoxy) is 2. The fourth-order valence-electron chi connectivity index (χ4n) is 1.70. The lowest BCUT2D eigenvalue weighted by Gasteiger charge is -2.09. The Balaban J connectivity index is 2.24. The fraction of sp³-hybridized carbons (Fsp3) is 0.133. The molecule has 114 valence electrons. The van der Waals surface area contributed by atoms with Crippen molar-refractivity contribution in [3.8, 4) is 5.75 Å². The van der Waals surface area contributed by atoms with E-state index in [1.54, 1.807) is 18.2 Å². The normalized spacial score (nSPS) is 10.1. The van der Waals surface area contributed by atoms with Crippen molar-refractivity contribution in [2.24, 2.45) is 0 Å². The van der Waals surface area contributed by atoms with E-state index in [-0.39, 0.29) is 23.7 Å². The maximum atomic E-state index is 11.5. The van der Waals surface area contributed by atoms with E-state index in [2.05, 4.69) is 9.72 Å². The summed E-state index contributed by atoms with van der Waals surface area (Å²) in [5, 5.41) is 9.59. The molecule has 0 aliphatic heterocycles. The first-order chi connectivity index (χ1) is 10.5. The Morgan fingerprint density at radius 2 is 1.95 bits per heavy atom. The van der Waals surface area contributed by atoms with Crippen LogP contribution in [0.25, 0.3) is 0 Å². The second-order valence-electron chi connectivity index (χ2n) is 4.29. The molecule has 1 heterocycles. The summed E-state index contributed by atoms with van der Waals surface area (Å²) in [6.07, 6.45) is 0. The molecule has 22 heavy (non-hydrogen) atoms. The zero-order chi connectivity index (χ0) is 16.1. The Hall–Kier alpha value is -2.60. The molecule has 0 atom stereocenters. The number of pyridine rings is 1. The summed E-state index contributed by atoms with van der Waals surface area (Å²) < 4.78 is 10.0. The van der Waals surface area contributed by atoms with Crippen LogP contribution in [0.15, 0.2) is 36.4 Å². The Morgan fingerprint density at radius 3 is 2.59 bits per heavy atom. The molecule has 0 bridgehead atoms. The number of aromatic nitrogens is 1. The molecule has 1 aromatic heterocycles. The summed E-state index contributed by atoms with van der Waals surface area (Å²) >= 11 is 5.87. The number of esters is 1. The van der Waals surface area contributed by atoms with Crippen molar-refractivity contribution in [3.63, 3.8) is 0 Å². The lowest BCUT2D eigenvalue weighted by Crippen LogP contribution is -2.10. The minimum Gasteiger partial charge on any atom is -0.489 e. The summed E-state index contributed by atoms with van der Waals surface area (Å²) in [7, 11) is 1.18. The van der Waals surface area contributed by atoms with Gasteiger partial charge in [0.15, 0.2) is 11.4 Å². The Morgan fingerprint density at radius 1 is 1.23 bits per heavy atom. The van der Waals surface area contributed by atoms with E-state index in [0.717, 1.165) is 5.56 Å². The van der Waals surface area contributed by atoms with Gasteiger partial charge in [0.05, 0.1) is 7.11 Å². The summed E-state index contributed by atoms with van der Waals surface area (Å²) in [6, 6.07) is 9.60. The van der Waals surface area contributed by atoms with Crippen LogP contribution in [0.2, 0.25) is 5.02 Å². The van der Waals surface area contributed by atoms with Crippen LogP contribution in [0.4, 0.5) is 0 Å². The molecule has 0 aliphatic carbocycles. The highest BCUT2D eigenvalue weighted by Crippen LogP contribution is 2.18. The van der Waals surface area contributed by atoms with Crippen LogP contribution in [-0.2, 0) is 11.3 Å². The molecule has 0 fully saturated rings. The van der Waals surface area contributed by atoms with Crippen molar-refractivity contribution in [2.75, 3.05) is 7.11 Å². The third-order valence-electron chi connectivity index (χ3n) is 2.71. The number of methoxy groups -OCH3 is 1. The Labute approximate surface area is 131 Å². The number of carboxylic acid groups (broad SMARTS) is 1. The van der Waals surface area contributed by atoms with Crippen molar-refractivity contribution in [1.82, 2.24) is 4.98 Å². The molecule has 0 radical (unpaired) electrons. The van der Waals surface area contributed by atoms with Crippen molar-refractivity contribution < 1.29 is 24.2 Å². The minimum absolute atomic E-state index is 0.136. The van der Waals surface area contributed by atoms with E-state index in [9.17, 15) is 9.59 Å². The van der Waals surface area contributed by atoms with Gasteiger partial charge in [0.25, 0.3) is 0 Å². The number of halogens is 1. The maximum Gasteiger partial charge on any atom is 0.356 e. The lowest BCUT2D eigenvalue weighted by atomic mass is 10.2. The molecular formula is C15H12ClNO5. The van der Waals surface area contributed by atoms with Crippen LogP contribution < -0.4 is 4.74 Å². The van der Waals surface area contributed by atoms with Gasteiger partial charge in [-0.2, -0.15) is 0 Å². The van der Waals surface area contributed by atoms with E-state index in [0.29, 0.717) is 5.02 Å². The minimum atomic E-state index is -1.27. The monoisotopic (exact) mass is 321 g/mol.